The Labute approximate surface area is 84.0 Å². The van der Waals surface area contributed by atoms with Gasteiger partial charge in [0.05, 0.1) is 11.3 Å². The lowest BCUT2D eigenvalue weighted by Crippen LogP contribution is -1.91. The summed E-state index contributed by atoms with van der Waals surface area (Å²) in [5.74, 6) is -0.915. The lowest BCUT2D eigenvalue weighted by molar-refractivity contribution is 0.0702. The van der Waals surface area contributed by atoms with Gasteiger partial charge in [-0.25, -0.2) is 4.79 Å². The van der Waals surface area contributed by atoms with Crippen LogP contribution in [-0.4, -0.2) is 16.3 Å². The SMILES string of the molecule is CC(C#N)Sc1csc(C(=O)O)c1. The van der Waals surface area contributed by atoms with Crippen LogP contribution in [0.2, 0.25) is 0 Å². The highest BCUT2D eigenvalue weighted by atomic mass is 32.2. The van der Waals surface area contributed by atoms with E-state index in [9.17, 15) is 4.79 Å². The minimum atomic E-state index is -0.915. The molecule has 0 saturated carbocycles. The van der Waals surface area contributed by atoms with Gasteiger partial charge in [0.15, 0.2) is 0 Å². The Bertz CT molecular complexity index is 353. The van der Waals surface area contributed by atoms with E-state index in [0.717, 1.165) is 4.90 Å². The molecule has 3 nitrogen and oxygen atoms in total. The Balaban J connectivity index is 2.70. The zero-order valence-corrected chi connectivity index (χ0v) is 8.48. The Morgan fingerprint density at radius 1 is 1.85 bits per heavy atom. The number of aromatic carboxylic acids is 1. The fraction of sp³-hybridized carbons (Fsp3) is 0.250. The van der Waals surface area contributed by atoms with Gasteiger partial charge in [-0.15, -0.1) is 23.1 Å². The highest BCUT2D eigenvalue weighted by molar-refractivity contribution is 8.00. The zero-order chi connectivity index (χ0) is 9.84. The number of nitrogens with zero attached hydrogens (tertiary/aromatic N) is 1. The average Bonchev–Trinajstić information content (AvgIpc) is 2.52. The molecule has 0 saturated heterocycles. The van der Waals surface area contributed by atoms with Crippen molar-refractivity contribution in [3.05, 3.63) is 16.3 Å². The Morgan fingerprint density at radius 2 is 2.54 bits per heavy atom. The van der Waals surface area contributed by atoms with Gasteiger partial charge in [0.2, 0.25) is 0 Å². The standard InChI is InChI=1S/C8H7NO2S2/c1-5(3-9)13-6-2-7(8(10)11)12-4-6/h2,4-5H,1H3,(H,10,11). The average molecular weight is 213 g/mol. The van der Waals surface area contributed by atoms with Crippen LogP contribution >= 0.6 is 23.1 Å². The molecule has 13 heavy (non-hydrogen) atoms. The molecule has 1 rings (SSSR count). The van der Waals surface area contributed by atoms with Crippen LogP contribution in [0.5, 0.6) is 0 Å². The number of carbonyl (C=O) groups is 1. The van der Waals surface area contributed by atoms with Gasteiger partial charge in [0, 0.05) is 10.3 Å². The van der Waals surface area contributed by atoms with Gasteiger partial charge in [0.25, 0.3) is 0 Å². The fourth-order valence-corrected chi connectivity index (χ4v) is 2.42. The first-order valence-corrected chi connectivity index (χ1v) is 5.27. The number of thioether (sulfide) groups is 1. The van der Waals surface area contributed by atoms with Crippen molar-refractivity contribution in [1.29, 1.82) is 5.26 Å². The maximum absolute atomic E-state index is 10.5. The minimum Gasteiger partial charge on any atom is -0.477 e. The van der Waals surface area contributed by atoms with Gasteiger partial charge in [-0.3, -0.25) is 0 Å². The van der Waals surface area contributed by atoms with Gasteiger partial charge in [0.1, 0.15) is 4.88 Å². The smallest absolute Gasteiger partial charge is 0.345 e. The predicted octanol–water partition coefficient (Wildman–Crippen LogP) is 2.45. The van der Waals surface area contributed by atoms with Gasteiger partial charge in [-0.1, -0.05) is 0 Å². The second-order valence-corrected chi connectivity index (χ2v) is 4.67. The number of hydrogen-bond acceptors (Lipinski definition) is 4. The van der Waals surface area contributed by atoms with Crippen molar-refractivity contribution in [3.63, 3.8) is 0 Å². The summed E-state index contributed by atoms with van der Waals surface area (Å²) in [5, 5.41) is 18.8. The number of nitriles is 1. The lowest BCUT2D eigenvalue weighted by Gasteiger charge is -1.96. The van der Waals surface area contributed by atoms with E-state index in [1.54, 1.807) is 18.4 Å². The van der Waals surface area contributed by atoms with Crippen LogP contribution in [0.4, 0.5) is 0 Å². The van der Waals surface area contributed by atoms with Crippen LogP contribution in [0.3, 0.4) is 0 Å². The molecule has 0 radical (unpaired) electrons. The molecule has 1 unspecified atom stereocenters. The van der Waals surface area contributed by atoms with Gasteiger partial charge in [-0.05, 0) is 13.0 Å². The molecule has 0 bridgehead atoms. The topological polar surface area (TPSA) is 61.1 Å². The highest BCUT2D eigenvalue weighted by Gasteiger charge is 2.09. The predicted molar refractivity (Wildman–Crippen MR) is 52.2 cm³/mol. The number of carboxylic acids is 1. The number of rotatable bonds is 3. The van der Waals surface area contributed by atoms with Gasteiger partial charge in [-0.2, -0.15) is 5.26 Å². The molecule has 0 aromatic carbocycles. The minimum absolute atomic E-state index is 0.142. The molecule has 0 aliphatic rings. The maximum atomic E-state index is 10.5. The molecule has 68 valence electrons. The van der Waals surface area contributed by atoms with Crippen LogP contribution in [0.15, 0.2) is 16.3 Å². The van der Waals surface area contributed by atoms with Crippen molar-refractivity contribution in [2.45, 2.75) is 17.1 Å². The summed E-state index contributed by atoms with van der Waals surface area (Å²) in [6.45, 7) is 1.78. The number of hydrogen-bond donors (Lipinski definition) is 1. The maximum Gasteiger partial charge on any atom is 0.345 e. The van der Waals surface area contributed by atoms with Crippen molar-refractivity contribution in [2.75, 3.05) is 0 Å². The van der Waals surface area contributed by atoms with Crippen LogP contribution < -0.4 is 0 Å². The largest absolute Gasteiger partial charge is 0.477 e. The van der Waals surface area contributed by atoms with E-state index in [4.69, 9.17) is 10.4 Å². The first-order valence-electron chi connectivity index (χ1n) is 3.51. The molecule has 1 atom stereocenters. The van der Waals surface area contributed by atoms with E-state index in [1.807, 2.05) is 0 Å². The summed E-state index contributed by atoms with van der Waals surface area (Å²) in [4.78, 5) is 11.7. The molecule has 1 heterocycles. The van der Waals surface area contributed by atoms with Crippen LogP contribution in [0, 0.1) is 11.3 Å². The van der Waals surface area contributed by atoms with Crippen LogP contribution in [0.1, 0.15) is 16.6 Å². The van der Waals surface area contributed by atoms with Crippen molar-refractivity contribution in [1.82, 2.24) is 0 Å². The molecule has 1 aromatic rings. The molecular formula is C8H7NO2S2. The second kappa shape index (κ2) is 4.30. The summed E-state index contributed by atoms with van der Waals surface area (Å²) in [7, 11) is 0. The van der Waals surface area contributed by atoms with Crippen LogP contribution in [0.25, 0.3) is 0 Å². The quantitative estimate of drug-likeness (QED) is 0.783. The lowest BCUT2D eigenvalue weighted by atomic mass is 10.5. The Hall–Kier alpha value is -0.990. The molecule has 1 N–H and O–H groups in total. The zero-order valence-electron chi connectivity index (χ0n) is 6.85. The van der Waals surface area contributed by atoms with Crippen LogP contribution in [-0.2, 0) is 0 Å². The van der Waals surface area contributed by atoms with E-state index in [-0.39, 0.29) is 5.25 Å². The number of carboxylic acid groups (broad SMARTS) is 1. The summed E-state index contributed by atoms with van der Waals surface area (Å²) < 4.78 is 0. The first-order chi connectivity index (χ1) is 6.13. The molecule has 0 aliphatic heterocycles. The molecule has 1 aromatic heterocycles. The molecule has 0 amide bonds. The van der Waals surface area contributed by atoms with Crippen molar-refractivity contribution in [2.24, 2.45) is 0 Å². The number of thiophene rings is 1. The van der Waals surface area contributed by atoms with E-state index >= 15 is 0 Å². The molecular weight excluding hydrogens is 206 g/mol. The summed E-state index contributed by atoms with van der Waals surface area (Å²) in [5.41, 5.74) is 0. The third-order valence-electron chi connectivity index (χ3n) is 1.28. The third-order valence-corrected chi connectivity index (χ3v) is 3.32. The molecule has 5 heteroatoms. The van der Waals surface area contributed by atoms with Crippen molar-refractivity contribution in [3.8, 4) is 6.07 Å². The first kappa shape index (κ1) is 10.1. The molecule has 0 spiro atoms. The molecule has 0 fully saturated rings. The molecule has 0 aliphatic carbocycles. The fourth-order valence-electron chi connectivity index (χ4n) is 0.723. The third kappa shape index (κ3) is 2.76. The summed E-state index contributed by atoms with van der Waals surface area (Å²) >= 11 is 2.55. The normalized spacial score (nSPS) is 12.0. The van der Waals surface area contributed by atoms with E-state index in [2.05, 4.69) is 6.07 Å². The Morgan fingerprint density at radius 3 is 3.00 bits per heavy atom. The monoisotopic (exact) mass is 213 g/mol. The van der Waals surface area contributed by atoms with Gasteiger partial charge < -0.3 is 5.11 Å². The van der Waals surface area contributed by atoms with E-state index in [0.29, 0.717) is 4.88 Å². The van der Waals surface area contributed by atoms with Crippen molar-refractivity contribution < 1.29 is 9.90 Å². The summed E-state index contributed by atoms with van der Waals surface area (Å²) in [6.07, 6.45) is 0. The van der Waals surface area contributed by atoms with E-state index in [1.165, 1.54) is 23.1 Å². The van der Waals surface area contributed by atoms with E-state index < -0.39 is 5.97 Å². The van der Waals surface area contributed by atoms with Crippen molar-refractivity contribution >= 4 is 29.1 Å². The second-order valence-electron chi connectivity index (χ2n) is 2.34. The van der Waals surface area contributed by atoms with Gasteiger partial charge >= 0.3 is 5.97 Å². The highest BCUT2D eigenvalue weighted by Crippen LogP contribution is 2.27. The summed E-state index contributed by atoms with van der Waals surface area (Å²) in [6, 6.07) is 3.66. The Kier molecular flexibility index (Phi) is 3.34.